The normalized spacial score (nSPS) is 11.0. The molecule has 1 heterocycles. The molecule has 0 saturated heterocycles. The van der Waals surface area contributed by atoms with Crippen LogP contribution in [0.3, 0.4) is 0 Å². The number of carboxylic acids is 1. The molecular formula is C21H21NO3. The third kappa shape index (κ3) is 3.33. The molecule has 0 aliphatic heterocycles. The molecule has 2 aromatic carbocycles. The molecule has 0 aliphatic rings. The van der Waals surface area contributed by atoms with Crippen molar-refractivity contribution in [1.82, 2.24) is 4.57 Å². The number of aryl methyl sites for hydroxylation is 4. The molecule has 0 aliphatic carbocycles. The number of aromatic carboxylic acids is 1. The molecular weight excluding hydrogens is 314 g/mol. The standard InChI is InChI=1S/C21H21NO3/c1-3-15-8-9-16(14(2)12-15)10-11-22-19-7-5-4-6-17(19)13-18(20(22)23)21(24)25/h4-9,12-13H,3,10-11H2,1-2H3,(H,24,25). The smallest absolute Gasteiger partial charge is 0.341 e. The Hall–Kier alpha value is -2.88. The fraction of sp³-hybridized carbons (Fsp3) is 0.238. The quantitative estimate of drug-likeness (QED) is 0.771. The number of fused-ring (bicyclic) bond motifs is 1. The number of rotatable bonds is 5. The van der Waals surface area contributed by atoms with Crippen molar-refractivity contribution >= 4 is 16.9 Å². The molecule has 1 N–H and O–H groups in total. The zero-order valence-electron chi connectivity index (χ0n) is 14.5. The highest BCUT2D eigenvalue weighted by Gasteiger charge is 2.14. The number of pyridine rings is 1. The topological polar surface area (TPSA) is 59.3 Å². The summed E-state index contributed by atoms with van der Waals surface area (Å²) in [4.78, 5) is 24.0. The van der Waals surface area contributed by atoms with E-state index in [-0.39, 0.29) is 5.56 Å². The number of aromatic nitrogens is 1. The Morgan fingerprint density at radius 1 is 1.12 bits per heavy atom. The predicted molar refractivity (Wildman–Crippen MR) is 99.4 cm³/mol. The van der Waals surface area contributed by atoms with Crippen LogP contribution in [0, 0.1) is 6.92 Å². The summed E-state index contributed by atoms with van der Waals surface area (Å²) >= 11 is 0. The molecule has 4 nitrogen and oxygen atoms in total. The van der Waals surface area contributed by atoms with E-state index in [4.69, 9.17) is 0 Å². The van der Waals surface area contributed by atoms with E-state index in [9.17, 15) is 14.7 Å². The number of carboxylic acid groups (broad SMARTS) is 1. The van der Waals surface area contributed by atoms with E-state index in [0.29, 0.717) is 13.0 Å². The van der Waals surface area contributed by atoms with Crippen LogP contribution in [0.5, 0.6) is 0 Å². The van der Waals surface area contributed by atoms with Gasteiger partial charge >= 0.3 is 5.97 Å². The van der Waals surface area contributed by atoms with Gasteiger partial charge in [-0.05, 0) is 54.0 Å². The molecule has 0 fully saturated rings. The van der Waals surface area contributed by atoms with Gasteiger partial charge in [0, 0.05) is 6.54 Å². The molecule has 3 rings (SSSR count). The van der Waals surface area contributed by atoms with E-state index in [0.717, 1.165) is 17.3 Å². The summed E-state index contributed by atoms with van der Waals surface area (Å²) in [6, 6.07) is 15.2. The summed E-state index contributed by atoms with van der Waals surface area (Å²) in [5, 5.41) is 10.1. The van der Waals surface area contributed by atoms with Crippen molar-refractivity contribution < 1.29 is 9.90 Å². The van der Waals surface area contributed by atoms with Crippen LogP contribution in [0.4, 0.5) is 0 Å². The van der Waals surface area contributed by atoms with Gasteiger partial charge in [-0.2, -0.15) is 0 Å². The van der Waals surface area contributed by atoms with Crippen LogP contribution in [0.25, 0.3) is 10.9 Å². The maximum atomic E-state index is 12.6. The third-order valence-corrected chi connectivity index (χ3v) is 4.65. The second-order valence-electron chi connectivity index (χ2n) is 6.24. The summed E-state index contributed by atoms with van der Waals surface area (Å²) in [5.41, 5.74) is 3.79. The molecule has 0 saturated carbocycles. The van der Waals surface area contributed by atoms with Crippen molar-refractivity contribution in [3.05, 3.63) is 81.1 Å². The molecule has 3 aromatic rings. The lowest BCUT2D eigenvalue weighted by molar-refractivity contribution is 0.0694. The van der Waals surface area contributed by atoms with Crippen molar-refractivity contribution in [1.29, 1.82) is 0 Å². The summed E-state index contributed by atoms with van der Waals surface area (Å²) in [6.07, 6.45) is 1.68. The van der Waals surface area contributed by atoms with Gasteiger partial charge in [0.05, 0.1) is 5.52 Å². The zero-order chi connectivity index (χ0) is 18.0. The SMILES string of the molecule is CCc1ccc(CCn2c(=O)c(C(=O)O)cc3ccccc32)c(C)c1. The summed E-state index contributed by atoms with van der Waals surface area (Å²) in [5.74, 6) is -1.19. The molecule has 0 spiro atoms. The Balaban J connectivity index is 2.02. The minimum absolute atomic E-state index is 0.184. The molecule has 0 amide bonds. The summed E-state index contributed by atoms with van der Waals surface area (Å²) < 4.78 is 1.58. The van der Waals surface area contributed by atoms with Crippen molar-refractivity contribution in [3.8, 4) is 0 Å². The Morgan fingerprint density at radius 2 is 1.88 bits per heavy atom. The predicted octanol–water partition coefficient (Wildman–Crippen LogP) is 3.81. The molecule has 4 heteroatoms. The fourth-order valence-corrected chi connectivity index (χ4v) is 3.19. The van der Waals surface area contributed by atoms with Gasteiger partial charge in [0.25, 0.3) is 5.56 Å². The number of carbonyl (C=O) groups is 1. The molecule has 25 heavy (non-hydrogen) atoms. The minimum Gasteiger partial charge on any atom is -0.477 e. The lowest BCUT2D eigenvalue weighted by Crippen LogP contribution is -2.27. The number of hydrogen-bond acceptors (Lipinski definition) is 2. The number of hydrogen-bond donors (Lipinski definition) is 1. The third-order valence-electron chi connectivity index (χ3n) is 4.65. The van der Waals surface area contributed by atoms with Gasteiger partial charge in [0.2, 0.25) is 0 Å². The Morgan fingerprint density at radius 3 is 2.56 bits per heavy atom. The second-order valence-corrected chi connectivity index (χ2v) is 6.24. The summed E-state index contributed by atoms with van der Waals surface area (Å²) in [6.45, 7) is 4.65. The first-order valence-corrected chi connectivity index (χ1v) is 8.45. The van der Waals surface area contributed by atoms with Crippen LogP contribution in [0.2, 0.25) is 0 Å². The number of para-hydroxylation sites is 1. The molecule has 0 unspecified atom stereocenters. The van der Waals surface area contributed by atoms with Gasteiger partial charge in [-0.3, -0.25) is 4.79 Å². The highest BCUT2D eigenvalue weighted by Crippen LogP contribution is 2.16. The zero-order valence-corrected chi connectivity index (χ0v) is 14.5. The lowest BCUT2D eigenvalue weighted by Gasteiger charge is -2.13. The van der Waals surface area contributed by atoms with Crippen LogP contribution in [-0.4, -0.2) is 15.6 Å². The average Bonchev–Trinajstić information content (AvgIpc) is 2.61. The van der Waals surface area contributed by atoms with Crippen molar-refractivity contribution in [3.63, 3.8) is 0 Å². The molecule has 0 atom stereocenters. The first-order valence-electron chi connectivity index (χ1n) is 8.45. The van der Waals surface area contributed by atoms with E-state index in [1.54, 1.807) is 4.57 Å². The van der Waals surface area contributed by atoms with E-state index >= 15 is 0 Å². The van der Waals surface area contributed by atoms with Crippen LogP contribution in [0.15, 0.2) is 53.3 Å². The highest BCUT2D eigenvalue weighted by molar-refractivity contribution is 5.92. The van der Waals surface area contributed by atoms with Crippen LogP contribution in [0.1, 0.15) is 34.0 Å². The number of nitrogens with zero attached hydrogens (tertiary/aromatic N) is 1. The van der Waals surface area contributed by atoms with E-state index < -0.39 is 11.5 Å². The molecule has 0 radical (unpaired) electrons. The maximum absolute atomic E-state index is 12.6. The Bertz CT molecular complexity index is 1000. The maximum Gasteiger partial charge on any atom is 0.341 e. The fourth-order valence-electron chi connectivity index (χ4n) is 3.19. The van der Waals surface area contributed by atoms with Gasteiger partial charge in [-0.25, -0.2) is 4.79 Å². The Labute approximate surface area is 146 Å². The summed E-state index contributed by atoms with van der Waals surface area (Å²) in [7, 11) is 0. The lowest BCUT2D eigenvalue weighted by atomic mass is 10.0. The largest absolute Gasteiger partial charge is 0.477 e. The molecule has 128 valence electrons. The highest BCUT2D eigenvalue weighted by atomic mass is 16.4. The van der Waals surface area contributed by atoms with E-state index in [1.165, 1.54) is 22.8 Å². The first-order chi connectivity index (χ1) is 12.0. The van der Waals surface area contributed by atoms with Crippen LogP contribution < -0.4 is 5.56 Å². The van der Waals surface area contributed by atoms with Gasteiger partial charge in [0.15, 0.2) is 0 Å². The van der Waals surface area contributed by atoms with Gasteiger partial charge < -0.3 is 9.67 Å². The monoisotopic (exact) mass is 335 g/mol. The molecule has 1 aromatic heterocycles. The Kier molecular flexibility index (Phi) is 4.70. The van der Waals surface area contributed by atoms with Crippen molar-refractivity contribution in [2.45, 2.75) is 33.2 Å². The van der Waals surface area contributed by atoms with Gasteiger partial charge in [-0.1, -0.05) is 43.3 Å². The van der Waals surface area contributed by atoms with Gasteiger partial charge in [-0.15, -0.1) is 0 Å². The van der Waals surface area contributed by atoms with Crippen molar-refractivity contribution in [2.24, 2.45) is 0 Å². The first kappa shape index (κ1) is 17.0. The van der Waals surface area contributed by atoms with Crippen molar-refractivity contribution in [2.75, 3.05) is 0 Å². The average molecular weight is 335 g/mol. The van der Waals surface area contributed by atoms with Gasteiger partial charge in [0.1, 0.15) is 5.56 Å². The van der Waals surface area contributed by atoms with Crippen LogP contribution >= 0.6 is 0 Å². The molecule has 0 bridgehead atoms. The van der Waals surface area contributed by atoms with E-state index in [2.05, 4.69) is 32.0 Å². The minimum atomic E-state index is -1.19. The van der Waals surface area contributed by atoms with E-state index in [1.807, 2.05) is 24.3 Å². The number of benzene rings is 2. The van der Waals surface area contributed by atoms with Crippen LogP contribution in [-0.2, 0) is 19.4 Å². The second kappa shape index (κ2) is 6.93.